The molecule has 139 heavy (non-hydrogen) atoms. The topological polar surface area (TPSA) is 498 Å². The number of unbranched alkanes of at least 4 members (excludes halogenated alkanes) is 9. The number of Topliss-reactive ketones (excluding diaryl/α,β-unsaturated/α-hetero) is 3. The predicted octanol–water partition coefficient (Wildman–Crippen LogP) is 24.1. The number of aliphatic hydroxyl groups excluding tert-OH is 5. The van der Waals surface area contributed by atoms with E-state index in [0.717, 1.165) is 140 Å². The van der Waals surface area contributed by atoms with Gasteiger partial charge in [0.2, 0.25) is 0 Å². The summed E-state index contributed by atoms with van der Waals surface area (Å²) in [7, 11) is 0. The summed E-state index contributed by atoms with van der Waals surface area (Å²) in [5, 5.41) is 130. The highest BCUT2D eigenvalue weighted by atomic mass is 35.5. The van der Waals surface area contributed by atoms with Gasteiger partial charge in [0.1, 0.15) is 28.4 Å². The van der Waals surface area contributed by atoms with Gasteiger partial charge in [-0.2, -0.15) is 15.3 Å². The molecule has 0 spiro atoms. The van der Waals surface area contributed by atoms with Crippen LogP contribution in [-0.4, -0.2) is 196 Å². The number of nitrogens with one attached hydrogen (secondary N) is 2. The average molecular weight is 1990 g/mol. The van der Waals surface area contributed by atoms with E-state index >= 15 is 0 Å². The van der Waals surface area contributed by atoms with Gasteiger partial charge in [-0.15, -0.1) is 15.3 Å². The van der Waals surface area contributed by atoms with Gasteiger partial charge in [0.15, 0.2) is 23.6 Å². The van der Waals surface area contributed by atoms with E-state index in [9.17, 15) is 70.1 Å². The van der Waals surface area contributed by atoms with Crippen molar-refractivity contribution in [2.75, 3.05) is 137 Å². The lowest BCUT2D eigenvalue weighted by molar-refractivity contribution is -0.385. The molecule has 8 rings (SSSR count). The third-order valence-electron chi connectivity index (χ3n) is 21.8. The number of benzene rings is 8. The van der Waals surface area contributed by atoms with E-state index in [1.807, 2.05) is 91.8 Å². The molecule has 0 aliphatic rings. The van der Waals surface area contributed by atoms with Gasteiger partial charge in [-0.25, -0.2) is 0 Å². The number of aliphatic hydroxyl groups is 5. The number of ketones is 3. The minimum Gasteiger partial charge on any atom is -0.396 e. The van der Waals surface area contributed by atoms with Crippen molar-refractivity contribution in [1.82, 2.24) is 4.90 Å². The molecule has 8 aromatic rings. The highest BCUT2D eigenvalue weighted by Crippen LogP contribution is 2.36. The first-order chi connectivity index (χ1) is 67.0. The van der Waals surface area contributed by atoms with Crippen LogP contribution in [0.1, 0.15) is 183 Å². The van der Waals surface area contributed by atoms with Gasteiger partial charge in [-0.1, -0.05) is 118 Å². The fraction of sp³-hybridized carbons (Fsp3) is 0.485. The number of nitro groups is 5. The van der Waals surface area contributed by atoms with Crippen molar-refractivity contribution in [2.45, 2.75) is 196 Å². The molecule has 40 heteroatoms. The number of likely N-dealkylation sites (N-methyl/N-ethyl adjacent to an activating group) is 3. The van der Waals surface area contributed by atoms with Gasteiger partial charge in [0.05, 0.1) is 89.1 Å². The Morgan fingerprint density at radius 3 is 1.05 bits per heavy atom. The first-order valence-electron chi connectivity index (χ1n) is 47.2. The number of carbonyl (C=O) groups excluding carboxylic acids is 3. The Morgan fingerprint density at radius 2 is 0.719 bits per heavy atom. The second-order valence-corrected chi connectivity index (χ2v) is 33.1. The number of rotatable bonds is 63. The first kappa shape index (κ1) is 119. The van der Waals surface area contributed by atoms with Gasteiger partial charge >= 0.3 is 0 Å². The molecule has 0 aliphatic heterocycles. The molecule has 1 unspecified atom stereocenters. The molecular weight excluding hydrogens is 1850 g/mol. The van der Waals surface area contributed by atoms with Crippen LogP contribution in [0.4, 0.5) is 91.0 Å². The van der Waals surface area contributed by atoms with Crippen LogP contribution >= 0.6 is 34.8 Å². The third-order valence-corrected chi connectivity index (χ3v) is 22.7. The van der Waals surface area contributed by atoms with E-state index in [1.54, 1.807) is 66.7 Å². The Morgan fingerprint density at radius 1 is 0.374 bits per heavy atom. The Balaban J connectivity index is 0.000000367. The van der Waals surface area contributed by atoms with Crippen LogP contribution in [0.5, 0.6) is 0 Å². The largest absolute Gasteiger partial charge is 0.396 e. The molecule has 0 saturated carbocycles. The van der Waals surface area contributed by atoms with E-state index in [1.165, 1.54) is 86.1 Å². The van der Waals surface area contributed by atoms with Crippen molar-refractivity contribution in [3.05, 3.63) is 242 Å². The minimum atomic E-state index is -0.877. The second kappa shape index (κ2) is 70.7. The quantitative estimate of drug-likeness (QED) is 0.00612. The maximum Gasteiger partial charge on any atom is 0.292 e. The zero-order valence-electron chi connectivity index (χ0n) is 80.5. The Bertz CT molecular complexity index is 5040. The molecule has 0 amide bonds. The van der Waals surface area contributed by atoms with E-state index in [4.69, 9.17) is 64.7 Å². The Hall–Kier alpha value is -11.9. The SMILES string of the molecule is CCN(CC(=O)CCC(O)CO)c1ccc(N=Nc2ccc([N+](=O)[O-])cc2Cl)cc1.CCN(CC(=O)CCCCCO)c1ccc(N=Nc2ccc([N+](=O)[O-])cc2Cl)cc1.CCN(CC)CCCCCCNc1ccccc1[N+](=O)[O-].CCOC(CCCCC(=O)CN(CC)c1ccc(N=Nc2ccc([N+](=O)[O-])cc2Cl)cc1)OCC.O=[N+]([O-])c1ccccc1NCCCCCCC(CCO)CCO. The number of nitro benzene ring substituents is 5. The van der Waals surface area contributed by atoms with Crippen molar-refractivity contribution < 1.29 is 74.0 Å². The molecule has 0 fully saturated rings. The highest BCUT2D eigenvalue weighted by Gasteiger charge is 2.20. The van der Waals surface area contributed by atoms with Crippen molar-refractivity contribution in [3.63, 3.8) is 0 Å². The minimum absolute atomic E-state index is 0.0269. The summed E-state index contributed by atoms with van der Waals surface area (Å²) in [6, 6.07) is 47.2. The number of halogens is 3. The molecule has 0 aliphatic carbocycles. The zero-order chi connectivity index (χ0) is 102. The molecule has 0 radical (unpaired) electrons. The highest BCUT2D eigenvalue weighted by molar-refractivity contribution is 6.34. The molecule has 0 bridgehead atoms. The van der Waals surface area contributed by atoms with E-state index < -0.39 is 20.9 Å². The molecule has 1 atom stereocenters. The molecule has 7 N–H and O–H groups in total. The number of para-hydroxylation sites is 4. The number of non-ortho nitro benzene ring substituents is 3. The number of hydrogen-bond donors (Lipinski definition) is 7. The van der Waals surface area contributed by atoms with E-state index in [-0.39, 0.29) is 123 Å². The van der Waals surface area contributed by atoms with Crippen LogP contribution in [0.3, 0.4) is 0 Å². The Kier molecular flexibility index (Phi) is 60.7. The van der Waals surface area contributed by atoms with Crippen LogP contribution in [0.15, 0.2) is 207 Å². The second-order valence-electron chi connectivity index (χ2n) is 31.9. The average Bonchev–Trinajstić information content (AvgIpc) is 0.848. The fourth-order valence-electron chi connectivity index (χ4n) is 14.0. The molecule has 0 aromatic heterocycles. The van der Waals surface area contributed by atoms with E-state index in [2.05, 4.69) is 60.1 Å². The van der Waals surface area contributed by atoms with Crippen LogP contribution in [0.2, 0.25) is 15.1 Å². The third kappa shape index (κ3) is 48.5. The lowest BCUT2D eigenvalue weighted by atomic mass is 9.95. The number of carbonyl (C=O) groups is 3. The lowest BCUT2D eigenvalue weighted by Gasteiger charge is -2.22. The predicted molar refractivity (Wildman–Crippen MR) is 548 cm³/mol. The summed E-state index contributed by atoms with van der Waals surface area (Å²) >= 11 is 18.1. The molecule has 37 nitrogen and oxygen atoms in total. The summed E-state index contributed by atoms with van der Waals surface area (Å²) < 4.78 is 11.1. The summed E-state index contributed by atoms with van der Waals surface area (Å²) in [6.07, 6.45) is 16.7. The number of azo groups is 3. The fourth-order valence-corrected chi connectivity index (χ4v) is 14.6. The lowest BCUT2D eigenvalue weighted by Crippen LogP contribution is -2.30. The van der Waals surface area contributed by atoms with Crippen molar-refractivity contribution in [1.29, 1.82) is 0 Å². The molecule has 758 valence electrons. The smallest absolute Gasteiger partial charge is 0.292 e. The summed E-state index contributed by atoms with van der Waals surface area (Å²) in [4.78, 5) is 96.9. The summed E-state index contributed by atoms with van der Waals surface area (Å²) in [6.45, 7) is 23.4. The van der Waals surface area contributed by atoms with Crippen molar-refractivity contribution >= 4 is 143 Å². The molecular formula is C99H136Cl3N17O20. The normalized spacial score (nSPS) is 11.3. The number of ether oxygens (including phenoxy) is 2. The van der Waals surface area contributed by atoms with Gasteiger partial charge < -0.3 is 65.2 Å². The number of anilines is 5. The first-order valence-corrected chi connectivity index (χ1v) is 48.3. The van der Waals surface area contributed by atoms with Crippen LogP contribution in [0.25, 0.3) is 0 Å². The van der Waals surface area contributed by atoms with Crippen molar-refractivity contribution in [3.8, 4) is 0 Å². The van der Waals surface area contributed by atoms with Gasteiger partial charge in [-0.05, 0) is 234 Å². The number of nitrogens with zero attached hydrogens (tertiary/aromatic N) is 15. The monoisotopic (exact) mass is 1990 g/mol. The molecule has 0 saturated heterocycles. The van der Waals surface area contributed by atoms with Gasteiger partial charge in [-0.3, -0.25) is 65.0 Å². The van der Waals surface area contributed by atoms with Gasteiger partial charge in [0.25, 0.3) is 28.4 Å². The molecule has 0 heterocycles. The maximum absolute atomic E-state index is 12.5. The zero-order valence-corrected chi connectivity index (χ0v) is 82.8. The van der Waals surface area contributed by atoms with Crippen LogP contribution in [0, 0.1) is 56.5 Å². The van der Waals surface area contributed by atoms with Gasteiger partial charge in [0, 0.05) is 151 Å². The Labute approximate surface area is 828 Å². The summed E-state index contributed by atoms with van der Waals surface area (Å²) in [5.41, 5.74) is 6.54. The maximum atomic E-state index is 12.5. The van der Waals surface area contributed by atoms with Crippen LogP contribution < -0.4 is 25.3 Å². The number of hydrogen-bond acceptors (Lipinski definition) is 32. The standard InChI is InChI=1S/C25H33ClN4O5.C21H25ClN4O4.C20H23ClN4O5.C17H28N2O4.C16H27N3O2/c1-4-29(18-22(31)9-7-8-10-25(34-5-2)35-6-3)20-13-11-19(12-14-20)27-28-24-16-15-21(30(32)33)17-23(24)26;1-2-25(15-19(28)6-4-3-5-13-27)17-9-7-16(8-10-17)23-24-21-12-11-18(26(29)30)14-20(21)22;1-2-24(12-17(27)8-9-18(28)13-26)15-5-3-14(4-6-15)22-23-20-10-7-16(25(29)30)11-19(20)21;20-13-10-15(11-14-21)7-3-1-2-6-12-18-16-8-4-5-9-17(16)19(22)23;1-3-18(4-2)14-10-6-5-9-13-17-15-11-7-8-12-16(15)19(20)21/h11-17,25H,4-10,18H2,1-3H3;7-12,14,27H,2-6,13,15H2,1H3;3-7,10-11,18,26,28H,2,8-9,12-13H2,1H3;4-5,8-9,15,18,20-21H,1-3,6-7,10-14H2;7-8,11-12,17H,3-6,9-10,13-14H2,1-2H3. The van der Waals surface area contributed by atoms with E-state index in [0.29, 0.717) is 110 Å². The van der Waals surface area contributed by atoms with Crippen molar-refractivity contribution in [2.24, 2.45) is 36.6 Å². The molecule has 8 aromatic carbocycles. The summed E-state index contributed by atoms with van der Waals surface area (Å²) in [5.74, 6) is 0.746. The van der Waals surface area contributed by atoms with Crippen LogP contribution in [-0.2, 0) is 23.9 Å².